The summed E-state index contributed by atoms with van der Waals surface area (Å²) in [6, 6.07) is 9.94. The van der Waals surface area contributed by atoms with E-state index in [0.717, 1.165) is 0 Å². The molecule has 0 aliphatic rings. The number of hydrogen-bond donors (Lipinski definition) is 3. The fourth-order valence-corrected chi connectivity index (χ4v) is 3.21. The van der Waals surface area contributed by atoms with Gasteiger partial charge in [-0.05, 0) is 30.7 Å². The Morgan fingerprint density at radius 1 is 1.12 bits per heavy atom. The fourth-order valence-electron chi connectivity index (χ4n) is 3.21. The summed E-state index contributed by atoms with van der Waals surface area (Å²) >= 11 is 0. The van der Waals surface area contributed by atoms with Gasteiger partial charge in [0.25, 0.3) is 11.6 Å². The third-order valence-electron chi connectivity index (χ3n) is 4.66. The summed E-state index contributed by atoms with van der Waals surface area (Å²) in [6.07, 6.45) is -0.300. The third kappa shape index (κ3) is 7.13. The van der Waals surface area contributed by atoms with E-state index < -0.39 is 34.7 Å². The van der Waals surface area contributed by atoms with E-state index in [1.54, 1.807) is 19.1 Å². The number of anilines is 1. The van der Waals surface area contributed by atoms with Crippen LogP contribution < -0.4 is 16.4 Å². The van der Waals surface area contributed by atoms with E-state index in [1.165, 1.54) is 43.3 Å². The number of ether oxygens (including phenoxy) is 1. The van der Waals surface area contributed by atoms with Gasteiger partial charge in [-0.15, -0.1) is 0 Å². The van der Waals surface area contributed by atoms with Crippen LogP contribution in [0, 0.1) is 10.1 Å². The van der Waals surface area contributed by atoms with Gasteiger partial charge in [0.2, 0.25) is 11.8 Å². The lowest BCUT2D eigenvalue weighted by molar-refractivity contribution is -0.384. The Kier molecular flexibility index (Phi) is 8.61. The number of nitrogens with one attached hydrogen (secondary N) is 2. The number of amides is 3. The van der Waals surface area contributed by atoms with Gasteiger partial charge in [-0.3, -0.25) is 29.3 Å². The lowest BCUT2D eigenvalue weighted by Gasteiger charge is -2.25. The standard InChI is InChI=1S/C22H24N4O7/c1-3-33-19(28)12-18(14-7-9-17(10-8-14)26(31)32)20(21(23)29)25-22(30)15-5-4-6-16(11-15)24-13(2)27/h4-11,18,20H,3,12H2,1-2H3,(H2,23,29)(H,24,27)(H,25,30)/t18-,20-/m0/s1. The average molecular weight is 456 g/mol. The average Bonchev–Trinajstić information content (AvgIpc) is 2.75. The van der Waals surface area contributed by atoms with Crippen LogP contribution in [0.5, 0.6) is 0 Å². The van der Waals surface area contributed by atoms with Crippen LogP contribution in [-0.2, 0) is 19.1 Å². The number of esters is 1. The van der Waals surface area contributed by atoms with E-state index in [1.807, 2.05) is 0 Å². The monoisotopic (exact) mass is 456 g/mol. The Labute approximate surface area is 189 Å². The summed E-state index contributed by atoms with van der Waals surface area (Å²) in [5.41, 5.74) is 6.28. The number of benzene rings is 2. The number of nitrogens with two attached hydrogens (primary N) is 1. The largest absolute Gasteiger partial charge is 0.466 e. The van der Waals surface area contributed by atoms with Crippen molar-refractivity contribution in [1.82, 2.24) is 5.32 Å². The molecule has 0 fully saturated rings. The van der Waals surface area contributed by atoms with Crippen molar-refractivity contribution in [2.24, 2.45) is 5.73 Å². The molecular formula is C22H24N4O7. The molecule has 0 saturated heterocycles. The molecule has 0 aromatic heterocycles. The highest BCUT2D eigenvalue weighted by molar-refractivity contribution is 5.99. The second-order valence-corrected chi connectivity index (χ2v) is 7.08. The normalized spacial score (nSPS) is 12.2. The minimum absolute atomic E-state index is 0.107. The molecule has 3 amide bonds. The molecule has 4 N–H and O–H groups in total. The van der Waals surface area contributed by atoms with Crippen LogP contribution in [0.2, 0.25) is 0 Å². The van der Waals surface area contributed by atoms with Crippen LogP contribution in [0.15, 0.2) is 48.5 Å². The Morgan fingerprint density at radius 3 is 2.33 bits per heavy atom. The molecule has 33 heavy (non-hydrogen) atoms. The Balaban J connectivity index is 2.37. The predicted molar refractivity (Wildman–Crippen MR) is 118 cm³/mol. The maximum atomic E-state index is 12.9. The number of non-ortho nitro benzene ring substituents is 1. The molecule has 2 aromatic rings. The molecule has 0 heterocycles. The van der Waals surface area contributed by atoms with Crippen LogP contribution in [0.4, 0.5) is 11.4 Å². The molecular weight excluding hydrogens is 432 g/mol. The predicted octanol–water partition coefficient (Wildman–Crippen LogP) is 1.87. The summed E-state index contributed by atoms with van der Waals surface area (Å²) in [4.78, 5) is 59.0. The maximum absolute atomic E-state index is 12.9. The van der Waals surface area contributed by atoms with Gasteiger partial charge in [0.05, 0.1) is 18.0 Å². The molecule has 11 nitrogen and oxygen atoms in total. The molecule has 11 heteroatoms. The van der Waals surface area contributed by atoms with E-state index in [4.69, 9.17) is 10.5 Å². The quantitative estimate of drug-likeness (QED) is 0.278. The second kappa shape index (κ2) is 11.4. The number of hydrogen-bond acceptors (Lipinski definition) is 7. The number of rotatable bonds is 10. The zero-order chi connectivity index (χ0) is 24.5. The molecule has 2 atom stereocenters. The Morgan fingerprint density at radius 2 is 1.79 bits per heavy atom. The summed E-state index contributed by atoms with van der Waals surface area (Å²) in [6.45, 7) is 3.05. The lowest BCUT2D eigenvalue weighted by atomic mass is 9.87. The van der Waals surface area contributed by atoms with Crippen LogP contribution in [0.25, 0.3) is 0 Å². The molecule has 0 saturated carbocycles. The molecule has 0 aliphatic heterocycles. The minimum atomic E-state index is -1.33. The molecule has 2 aromatic carbocycles. The third-order valence-corrected chi connectivity index (χ3v) is 4.66. The number of carbonyl (C=O) groups excluding carboxylic acids is 4. The smallest absolute Gasteiger partial charge is 0.306 e. The van der Waals surface area contributed by atoms with Crippen LogP contribution in [0.3, 0.4) is 0 Å². The molecule has 2 rings (SSSR count). The first-order valence-corrected chi connectivity index (χ1v) is 10.00. The van der Waals surface area contributed by atoms with Gasteiger partial charge in [-0.25, -0.2) is 0 Å². The summed E-state index contributed by atoms with van der Waals surface area (Å²) < 4.78 is 4.98. The van der Waals surface area contributed by atoms with Gasteiger partial charge in [0.1, 0.15) is 6.04 Å². The van der Waals surface area contributed by atoms with Crippen molar-refractivity contribution in [3.05, 3.63) is 69.8 Å². The Bertz CT molecular complexity index is 1050. The number of primary amides is 1. The minimum Gasteiger partial charge on any atom is -0.466 e. The first kappa shape index (κ1) is 25.0. The molecule has 0 aliphatic carbocycles. The van der Waals surface area contributed by atoms with Crippen molar-refractivity contribution in [1.29, 1.82) is 0 Å². The van der Waals surface area contributed by atoms with Gasteiger partial charge in [0.15, 0.2) is 0 Å². The number of nitro groups is 1. The summed E-state index contributed by atoms with van der Waals surface area (Å²) in [5, 5.41) is 16.0. The lowest BCUT2D eigenvalue weighted by Crippen LogP contribution is -2.48. The van der Waals surface area contributed by atoms with E-state index in [-0.39, 0.29) is 30.2 Å². The zero-order valence-corrected chi connectivity index (χ0v) is 18.1. The van der Waals surface area contributed by atoms with E-state index in [0.29, 0.717) is 11.3 Å². The molecule has 0 unspecified atom stereocenters. The van der Waals surface area contributed by atoms with Gasteiger partial charge >= 0.3 is 5.97 Å². The van der Waals surface area contributed by atoms with Gasteiger partial charge in [0, 0.05) is 36.2 Å². The Hall–Kier alpha value is -4.28. The first-order chi connectivity index (χ1) is 15.6. The molecule has 174 valence electrons. The SMILES string of the molecule is CCOC(=O)C[C@@H](c1ccc([N+](=O)[O-])cc1)[C@H](NC(=O)c1cccc(NC(C)=O)c1)C(N)=O. The van der Waals surface area contributed by atoms with Crippen LogP contribution in [-0.4, -0.2) is 41.3 Å². The van der Waals surface area contributed by atoms with Crippen LogP contribution in [0.1, 0.15) is 42.1 Å². The zero-order valence-electron chi connectivity index (χ0n) is 18.1. The number of carbonyl (C=O) groups is 4. The van der Waals surface area contributed by atoms with Crippen molar-refractivity contribution in [2.45, 2.75) is 32.2 Å². The van der Waals surface area contributed by atoms with Gasteiger partial charge < -0.3 is 21.1 Å². The van der Waals surface area contributed by atoms with Crippen molar-refractivity contribution >= 4 is 35.1 Å². The highest BCUT2D eigenvalue weighted by atomic mass is 16.6. The van der Waals surface area contributed by atoms with E-state index >= 15 is 0 Å². The van der Waals surface area contributed by atoms with Crippen LogP contribution >= 0.6 is 0 Å². The summed E-state index contributed by atoms with van der Waals surface area (Å²) in [7, 11) is 0. The molecule has 0 bridgehead atoms. The topological polar surface area (TPSA) is 171 Å². The first-order valence-electron chi connectivity index (χ1n) is 10.00. The highest BCUT2D eigenvalue weighted by Gasteiger charge is 2.32. The van der Waals surface area contributed by atoms with Crippen molar-refractivity contribution in [3.63, 3.8) is 0 Å². The second-order valence-electron chi connectivity index (χ2n) is 7.08. The van der Waals surface area contributed by atoms with Crippen molar-refractivity contribution in [2.75, 3.05) is 11.9 Å². The van der Waals surface area contributed by atoms with E-state index in [2.05, 4.69) is 10.6 Å². The van der Waals surface area contributed by atoms with E-state index in [9.17, 15) is 29.3 Å². The van der Waals surface area contributed by atoms with Gasteiger partial charge in [-0.2, -0.15) is 0 Å². The van der Waals surface area contributed by atoms with Gasteiger partial charge in [-0.1, -0.05) is 18.2 Å². The molecule has 0 radical (unpaired) electrons. The number of nitro benzene ring substituents is 1. The molecule has 0 spiro atoms. The number of nitrogens with zero attached hydrogens (tertiary/aromatic N) is 1. The summed E-state index contributed by atoms with van der Waals surface area (Å²) in [5.74, 6) is -3.47. The fraction of sp³-hybridized carbons (Fsp3) is 0.273. The maximum Gasteiger partial charge on any atom is 0.306 e. The highest BCUT2D eigenvalue weighted by Crippen LogP contribution is 2.27. The van der Waals surface area contributed by atoms with Crippen molar-refractivity contribution in [3.8, 4) is 0 Å². The van der Waals surface area contributed by atoms with Crippen molar-refractivity contribution < 1.29 is 28.8 Å².